The number of benzene rings is 1. The minimum absolute atomic E-state index is 0.124. The van der Waals surface area contributed by atoms with Crippen molar-refractivity contribution in [2.75, 3.05) is 7.11 Å². The number of carbonyl (C=O) groups excluding carboxylic acids is 3. The van der Waals surface area contributed by atoms with E-state index in [0.29, 0.717) is 5.56 Å². The monoisotopic (exact) mass is 248 g/mol. The molecule has 0 saturated carbocycles. The highest BCUT2D eigenvalue weighted by atomic mass is 16.5. The van der Waals surface area contributed by atoms with Crippen LogP contribution in [0.15, 0.2) is 30.3 Å². The molecule has 0 aromatic heterocycles. The summed E-state index contributed by atoms with van der Waals surface area (Å²) in [4.78, 5) is 33.2. The van der Waals surface area contributed by atoms with E-state index in [9.17, 15) is 14.4 Å². The smallest absolute Gasteiger partial charge is 0.374 e. The summed E-state index contributed by atoms with van der Waals surface area (Å²) < 4.78 is 4.20. The van der Waals surface area contributed by atoms with E-state index in [2.05, 4.69) is 4.74 Å². The van der Waals surface area contributed by atoms with Gasteiger partial charge in [-0.2, -0.15) is 0 Å². The zero-order valence-corrected chi connectivity index (χ0v) is 9.75. The number of phenols is 1. The maximum Gasteiger partial charge on any atom is 0.374 e. The molecule has 0 fully saturated rings. The number of hydrogen-bond donors (Lipinski definition) is 1. The van der Waals surface area contributed by atoms with Gasteiger partial charge in [0.25, 0.3) is 0 Å². The minimum atomic E-state index is -1.03. The molecule has 0 aliphatic heterocycles. The van der Waals surface area contributed by atoms with Gasteiger partial charge in [-0.15, -0.1) is 0 Å². The Bertz CT molecular complexity index is 485. The van der Waals surface area contributed by atoms with Gasteiger partial charge in [0.05, 0.1) is 13.5 Å². The maximum atomic E-state index is 11.3. The third-order valence-corrected chi connectivity index (χ3v) is 2.10. The molecular weight excluding hydrogens is 236 g/mol. The number of ketones is 2. The van der Waals surface area contributed by atoms with E-state index in [1.54, 1.807) is 12.1 Å². The van der Waals surface area contributed by atoms with E-state index in [1.165, 1.54) is 24.3 Å². The maximum absolute atomic E-state index is 11.3. The largest absolute Gasteiger partial charge is 0.508 e. The molecule has 0 aliphatic carbocycles. The predicted molar refractivity (Wildman–Crippen MR) is 63.8 cm³/mol. The Morgan fingerprint density at radius 3 is 2.39 bits per heavy atom. The van der Waals surface area contributed by atoms with Crippen molar-refractivity contribution in [1.29, 1.82) is 0 Å². The number of allylic oxidation sites excluding steroid dienone is 1. The zero-order chi connectivity index (χ0) is 13.5. The minimum Gasteiger partial charge on any atom is -0.508 e. The number of esters is 1. The SMILES string of the molecule is COC(=O)C(=O)CC(=O)C=Cc1ccc(O)cc1. The molecule has 0 bridgehead atoms. The van der Waals surface area contributed by atoms with Crippen LogP contribution in [0.5, 0.6) is 5.75 Å². The van der Waals surface area contributed by atoms with Gasteiger partial charge in [0, 0.05) is 0 Å². The van der Waals surface area contributed by atoms with Crippen molar-refractivity contribution in [3.63, 3.8) is 0 Å². The number of hydrogen-bond acceptors (Lipinski definition) is 5. The van der Waals surface area contributed by atoms with Crippen molar-refractivity contribution in [2.24, 2.45) is 0 Å². The third kappa shape index (κ3) is 4.21. The summed E-state index contributed by atoms with van der Waals surface area (Å²) in [6.45, 7) is 0. The first kappa shape index (κ1) is 13.6. The normalized spacial score (nSPS) is 10.3. The molecular formula is C13H12O5. The molecule has 0 spiro atoms. The molecule has 1 aromatic rings. The standard InChI is InChI=1S/C13H12O5/c1-18-13(17)12(16)8-11(15)7-4-9-2-5-10(14)6-3-9/h2-7,14H,8H2,1H3. The molecule has 5 nitrogen and oxygen atoms in total. The number of aromatic hydroxyl groups is 1. The summed E-state index contributed by atoms with van der Waals surface area (Å²) >= 11 is 0. The highest BCUT2D eigenvalue weighted by molar-refractivity contribution is 6.37. The first-order valence-electron chi connectivity index (χ1n) is 5.14. The van der Waals surface area contributed by atoms with Crippen molar-refractivity contribution in [3.8, 4) is 5.75 Å². The van der Waals surface area contributed by atoms with Crippen molar-refractivity contribution in [2.45, 2.75) is 6.42 Å². The second-order valence-corrected chi connectivity index (χ2v) is 3.48. The molecule has 0 heterocycles. The van der Waals surface area contributed by atoms with E-state index in [1.807, 2.05) is 0 Å². The summed E-state index contributed by atoms with van der Waals surface area (Å²) in [5.74, 6) is -2.27. The Morgan fingerprint density at radius 1 is 1.22 bits per heavy atom. The van der Waals surface area contributed by atoms with Crippen LogP contribution in [0.2, 0.25) is 0 Å². The Hall–Kier alpha value is -2.43. The molecule has 0 atom stereocenters. The number of ether oxygens (including phenoxy) is 1. The summed E-state index contributed by atoms with van der Waals surface area (Å²) in [6.07, 6.45) is 2.18. The quantitative estimate of drug-likeness (QED) is 0.365. The fourth-order valence-corrected chi connectivity index (χ4v) is 1.18. The molecule has 1 N–H and O–H groups in total. The number of methoxy groups -OCH3 is 1. The van der Waals surface area contributed by atoms with Gasteiger partial charge < -0.3 is 9.84 Å². The van der Waals surface area contributed by atoms with E-state index in [0.717, 1.165) is 7.11 Å². The summed E-state index contributed by atoms with van der Waals surface area (Å²) in [5.41, 5.74) is 0.701. The molecule has 5 heteroatoms. The van der Waals surface area contributed by atoms with Crippen LogP contribution < -0.4 is 0 Å². The van der Waals surface area contributed by atoms with Crippen LogP contribution in [0, 0.1) is 0 Å². The van der Waals surface area contributed by atoms with Crippen LogP contribution >= 0.6 is 0 Å². The van der Waals surface area contributed by atoms with Gasteiger partial charge in [-0.25, -0.2) is 4.79 Å². The van der Waals surface area contributed by atoms with E-state index in [4.69, 9.17) is 5.11 Å². The first-order chi connectivity index (χ1) is 8.52. The van der Waals surface area contributed by atoms with Crippen LogP contribution in [0.4, 0.5) is 0 Å². The first-order valence-corrected chi connectivity index (χ1v) is 5.14. The molecule has 94 valence electrons. The molecule has 0 aliphatic rings. The lowest BCUT2D eigenvalue weighted by Gasteiger charge is -1.96. The van der Waals surface area contributed by atoms with Crippen LogP contribution in [0.3, 0.4) is 0 Å². The Balaban J connectivity index is 2.57. The highest BCUT2D eigenvalue weighted by Crippen LogP contribution is 2.10. The summed E-state index contributed by atoms with van der Waals surface area (Å²) in [6, 6.07) is 6.18. The van der Waals surface area contributed by atoms with Crippen LogP contribution in [-0.2, 0) is 19.1 Å². The lowest BCUT2D eigenvalue weighted by molar-refractivity contribution is -0.152. The lowest BCUT2D eigenvalue weighted by atomic mass is 10.1. The van der Waals surface area contributed by atoms with Crippen molar-refractivity contribution >= 4 is 23.6 Å². The average Bonchev–Trinajstić information content (AvgIpc) is 2.37. The van der Waals surface area contributed by atoms with Crippen molar-refractivity contribution in [3.05, 3.63) is 35.9 Å². The Kier molecular flexibility index (Phi) is 4.80. The van der Waals surface area contributed by atoms with E-state index >= 15 is 0 Å². The molecule has 1 aromatic carbocycles. The lowest BCUT2D eigenvalue weighted by Crippen LogP contribution is -2.18. The van der Waals surface area contributed by atoms with Gasteiger partial charge in [-0.3, -0.25) is 9.59 Å². The summed E-state index contributed by atoms with van der Waals surface area (Å²) in [5, 5.41) is 9.05. The second-order valence-electron chi connectivity index (χ2n) is 3.48. The number of rotatable bonds is 5. The highest BCUT2D eigenvalue weighted by Gasteiger charge is 2.16. The number of Topliss-reactive ketones (excluding diaryl/α,β-unsaturated/α-hetero) is 1. The molecule has 0 amide bonds. The van der Waals surface area contributed by atoms with Crippen LogP contribution in [-0.4, -0.2) is 29.8 Å². The molecule has 0 radical (unpaired) electrons. The van der Waals surface area contributed by atoms with E-state index in [-0.39, 0.29) is 5.75 Å². The third-order valence-electron chi connectivity index (χ3n) is 2.10. The van der Waals surface area contributed by atoms with Gasteiger partial charge >= 0.3 is 5.97 Å². The average molecular weight is 248 g/mol. The van der Waals surface area contributed by atoms with Gasteiger partial charge in [0.1, 0.15) is 5.75 Å². The van der Waals surface area contributed by atoms with E-state index < -0.39 is 24.0 Å². The van der Waals surface area contributed by atoms with Gasteiger partial charge in [-0.05, 0) is 23.8 Å². The van der Waals surface area contributed by atoms with Gasteiger partial charge in [0.2, 0.25) is 5.78 Å². The molecule has 18 heavy (non-hydrogen) atoms. The van der Waals surface area contributed by atoms with Crippen molar-refractivity contribution < 1.29 is 24.2 Å². The molecule has 0 unspecified atom stereocenters. The fraction of sp³-hybridized carbons (Fsp3) is 0.154. The topological polar surface area (TPSA) is 80.7 Å². The predicted octanol–water partition coefficient (Wildman–Crippen LogP) is 1.11. The fourth-order valence-electron chi connectivity index (χ4n) is 1.18. The summed E-state index contributed by atoms with van der Waals surface area (Å²) in [7, 11) is 1.08. The van der Waals surface area contributed by atoms with Crippen LogP contribution in [0.1, 0.15) is 12.0 Å². The van der Waals surface area contributed by atoms with Gasteiger partial charge in [-0.1, -0.05) is 18.2 Å². The number of carbonyl (C=O) groups is 3. The van der Waals surface area contributed by atoms with Crippen LogP contribution in [0.25, 0.3) is 6.08 Å². The Labute approximate surface area is 104 Å². The zero-order valence-electron chi connectivity index (χ0n) is 9.75. The van der Waals surface area contributed by atoms with Crippen molar-refractivity contribution in [1.82, 2.24) is 0 Å². The second kappa shape index (κ2) is 6.34. The molecule has 1 rings (SSSR count). The Morgan fingerprint density at radius 2 is 1.83 bits per heavy atom. The molecule has 0 saturated heterocycles. The number of phenolic OH excluding ortho intramolecular Hbond substituents is 1. The van der Waals surface area contributed by atoms with Gasteiger partial charge in [0.15, 0.2) is 5.78 Å².